The normalized spacial score (nSPS) is 17.3. The minimum Gasteiger partial charge on any atom is -0.494 e. The molecule has 0 radical (unpaired) electrons. The van der Waals surface area contributed by atoms with E-state index in [9.17, 15) is 27.6 Å². The van der Waals surface area contributed by atoms with E-state index >= 15 is 0 Å². The van der Waals surface area contributed by atoms with Gasteiger partial charge in [-0.25, -0.2) is 0 Å². The van der Waals surface area contributed by atoms with Crippen molar-refractivity contribution in [1.29, 1.82) is 0 Å². The fraction of sp³-hybridized carbons (Fsp3) is 0.433. The summed E-state index contributed by atoms with van der Waals surface area (Å²) in [6.45, 7) is 2.92. The first-order valence-corrected chi connectivity index (χ1v) is 15.6. The summed E-state index contributed by atoms with van der Waals surface area (Å²) >= 11 is 1.55. The molecule has 0 unspecified atom stereocenters. The summed E-state index contributed by atoms with van der Waals surface area (Å²) in [5.41, 5.74) is 0.579. The van der Waals surface area contributed by atoms with E-state index in [0.717, 1.165) is 17.7 Å². The van der Waals surface area contributed by atoms with Crippen LogP contribution < -0.4 is 15.4 Å². The van der Waals surface area contributed by atoms with Crippen LogP contribution in [0.25, 0.3) is 0 Å². The number of benzene rings is 2. The van der Waals surface area contributed by atoms with E-state index in [2.05, 4.69) is 20.9 Å². The summed E-state index contributed by atoms with van der Waals surface area (Å²) in [6.07, 6.45) is 0.279. The van der Waals surface area contributed by atoms with Crippen LogP contribution in [0.4, 0.5) is 13.2 Å². The van der Waals surface area contributed by atoms with Gasteiger partial charge >= 0.3 is 6.18 Å². The molecule has 236 valence electrons. The van der Waals surface area contributed by atoms with Gasteiger partial charge in [0.25, 0.3) is 11.8 Å². The van der Waals surface area contributed by atoms with Crippen LogP contribution in [0.5, 0.6) is 5.75 Å². The summed E-state index contributed by atoms with van der Waals surface area (Å²) in [7, 11) is 0. The van der Waals surface area contributed by atoms with Gasteiger partial charge in [0.15, 0.2) is 0 Å². The van der Waals surface area contributed by atoms with Crippen LogP contribution in [0.3, 0.4) is 0 Å². The number of nitrogens with zero attached hydrogens (tertiary/aromatic N) is 4. The van der Waals surface area contributed by atoms with Crippen LogP contribution in [0.15, 0.2) is 48.7 Å². The molecule has 2 aromatic carbocycles. The Balaban J connectivity index is 1.56. The zero-order chi connectivity index (χ0) is 31.7. The van der Waals surface area contributed by atoms with Gasteiger partial charge in [0, 0.05) is 37.2 Å². The number of thioether (sulfide) groups is 1. The number of hydrogen-bond acceptors (Lipinski definition) is 7. The number of aromatic nitrogens is 3. The van der Waals surface area contributed by atoms with Gasteiger partial charge < -0.3 is 20.3 Å². The molecule has 2 N–H and O–H groups in total. The molecule has 10 nitrogen and oxygen atoms in total. The highest BCUT2D eigenvalue weighted by Crippen LogP contribution is 2.30. The van der Waals surface area contributed by atoms with Crippen molar-refractivity contribution in [2.75, 3.05) is 31.7 Å². The van der Waals surface area contributed by atoms with Gasteiger partial charge in [-0.3, -0.25) is 19.1 Å². The summed E-state index contributed by atoms with van der Waals surface area (Å²) in [4.78, 5) is 41.2. The third kappa shape index (κ3) is 8.97. The maximum Gasteiger partial charge on any atom is 0.416 e. The molecular weight excluding hydrogens is 597 g/mol. The molecule has 4 bridgehead atoms. The third-order valence-electron chi connectivity index (χ3n) is 7.05. The fourth-order valence-electron chi connectivity index (χ4n) is 4.68. The van der Waals surface area contributed by atoms with Crippen molar-refractivity contribution in [1.82, 2.24) is 30.5 Å². The van der Waals surface area contributed by atoms with E-state index < -0.39 is 29.6 Å². The Morgan fingerprint density at radius 2 is 1.95 bits per heavy atom. The highest BCUT2D eigenvalue weighted by molar-refractivity contribution is 7.98. The average Bonchev–Trinajstić information content (AvgIpc) is 3.45. The van der Waals surface area contributed by atoms with Crippen molar-refractivity contribution in [3.63, 3.8) is 0 Å². The number of nitrogens with one attached hydrogen (secondary N) is 2. The highest BCUT2D eigenvalue weighted by atomic mass is 32.2. The molecule has 1 atom stereocenters. The number of hydrogen-bond donors (Lipinski definition) is 2. The molecule has 1 aliphatic rings. The van der Waals surface area contributed by atoms with Crippen LogP contribution in [-0.4, -0.2) is 75.4 Å². The Morgan fingerprint density at radius 3 is 2.73 bits per heavy atom. The molecule has 2 heterocycles. The summed E-state index contributed by atoms with van der Waals surface area (Å²) in [6, 6.07) is 8.72. The zero-order valence-electron chi connectivity index (χ0n) is 24.5. The van der Waals surface area contributed by atoms with Gasteiger partial charge in [-0.15, -0.1) is 5.10 Å². The van der Waals surface area contributed by atoms with Crippen molar-refractivity contribution in [3.05, 3.63) is 76.6 Å². The van der Waals surface area contributed by atoms with Gasteiger partial charge in [-0.1, -0.05) is 17.3 Å². The van der Waals surface area contributed by atoms with Crippen molar-refractivity contribution < 1.29 is 32.3 Å². The molecular formula is C30H35F3N6O4S. The van der Waals surface area contributed by atoms with Crippen LogP contribution in [-0.2, 0) is 24.1 Å². The molecule has 4 rings (SSSR count). The van der Waals surface area contributed by atoms with Crippen molar-refractivity contribution >= 4 is 29.5 Å². The molecule has 3 amide bonds. The maximum absolute atomic E-state index is 13.4. The predicted octanol–water partition coefficient (Wildman–Crippen LogP) is 4.09. The molecule has 0 saturated carbocycles. The molecule has 14 heteroatoms. The number of rotatable bonds is 4. The second-order valence-electron chi connectivity index (χ2n) is 10.4. The number of carbonyl (C=O) groups excluding carboxylic acids is 3. The lowest BCUT2D eigenvalue weighted by Gasteiger charge is -2.23. The van der Waals surface area contributed by atoms with E-state index in [1.165, 1.54) is 17.0 Å². The number of halogens is 3. The summed E-state index contributed by atoms with van der Waals surface area (Å²) in [5, 5.41) is 13.9. The zero-order valence-corrected chi connectivity index (χ0v) is 25.3. The Hall–Kier alpha value is -4.07. The van der Waals surface area contributed by atoms with E-state index in [-0.39, 0.29) is 31.1 Å². The Morgan fingerprint density at radius 1 is 1.14 bits per heavy atom. The van der Waals surface area contributed by atoms with Gasteiger partial charge in [0.1, 0.15) is 17.5 Å². The Labute approximate surface area is 257 Å². The summed E-state index contributed by atoms with van der Waals surface area (Å²) in [5.74, 6) is -0.208. The molecule has 0 aliphatic carbocycles. The topological polar surface area (TPSA) is 118 Å². The SMILES string of the molecule is CSCC[C@@H]1NC(=O)c2cc(ccc2C)OCCCn2cc(nn2)CN(C(=O)c2cccc(C(F)(F)F)c2)CCCNC1=O. The minimum absolute atomic E-state index is 0.0120. The van der Waals surface area contributed by atoms with E-state index in [1.807, 2.05) is 13.2 Å². The predicted molar refractivity (Wildman–Crippen MR) is 159 cm³/mol. The first-order chi connectivity index (χ1) is 21.0. The van der Waals surface area contributed by atoms with Crippen LogP contribution in [0.1, 0.15) is 56.8 Å². The smallest absolute Gasteiger partial charge is 0.416 e. The van der Waals surface area contributed by atoms with Gasteiger partial charge in [-0.05, 0) is 67.7 Å². The lowest BCUT2D eigenvalue weighted by Crippen LogP contribution is -2.47. The van der Waals surface area contributed by atoms with Crippen molar-refractivity contribution in [3.8, 4) is 5.75 Å². The van der Waals surface area contributed by atoms with Gasteiger partial charge in [0.05, 0.1) is 24.9 Å². The second kappa shape index (κ2) is 15.1. The maximum atomic E-state index is 13.4. The molecule has 0 saturated heterocycles. The van der Waals surface area contributed by atoms with Crippen LogP contribution in [0, 0.1) is 6.92 Å². The van der Waals surface area contributed by atoms with E-state index in [4.69, 9.17) is 4.74 Å². The fourth-order valence-corrected chi connectivity index (χ4v) is 5.15. The van der Waals surface area contributed by atoms with Crippen molar-refractivity contribution in [2.45, 2.75) is 51.5 Å². The molecule has 3 aromatic rings. The van der Waals surface area contributed by atoms with Crippen molar-refractivity contribution in [2.24, 2.45) is 0 Å². The van der Waals surface area contributed by atoms with E-state index in [1.54, 1.807) is 40.8 Å². The number of fused-ring (bicyclic) bond motifs is 4. The average molecular weight is 633 g/mol. The number of carbonyl (C=O) groups is 3. The number of alkyl halides is 3. The Kier molecular flexibility index (Phi) is 11.3. The molecule has 0 fully saturated rings. The number of aryl methyl sites for hydroxylation is 2. The standard InChI is InChI=1S/C30H35F3N6O4S/c1-20-8-9-24-17-25(20)27(40)35-26(10-15-44-2)28(41)34-11-4-12-38(18-23-19-39(37-36-23)13-5-14-43-24)29(42)21-6-3-7-22(16-21)30(31,32)33/h3,6-9,16-17,19,26H,4-5,10-15,18H2,1-2H3,(H,34,41)(H,35,40)/t26-/m0/s1. The monoisotopic (exact) mass is 632 g/mol. The lowest BCUT2D eigenvalue weighted by atomic mass is 10.1. The third-order valence-corrected chi connectivity index (χ3v) is 7.70. The number of amides is 3. The van der Waals surface area contributed by atoms with Crippen LogP contribution in [0.2, 0.25) is 0 Å². The first kappa shape index (κ1) is 32.8. The van der Waals surface area contributed by atoms with Gasteiger partial charge in [0.2, 0.25) is 5.91 Å². The first-order valence-electron chi connectivity index (χ1n) is 14.2. The minimum atomic E-state index is -4.60. The van der Waals surface area contributed by atoms with Crippen LogP contribution >= 0.6 is 11.8 Å². The van der Waals surface area contributed by atoms with E-state index in [0.29, 0.717) is 55.2 Å². The second-order valence-corrected chi connectivity index (χ2v) is 11.4. The largest absolute Gasteiger partial charge is 0.494 e. The van der Waals surface area contributed by atoms with Gasteiger partial charge in [-0.2, -0.15) is 24.9 Å². The Bertz CT molecular complexity index is 1460. The summed E-state index contributed by atoms with van der Waals surface area (Å²) < 4.78 is 47.5. The molecule has 0 spiro atoms. The molecule has 1 aliphatic heterocycles. The quantitative estimate of drug-likeness (QED) is 0.445. The molecule has 44 heavy (non-hydrogen) atoms. The molecule has 1 aromatic heterocycles. The lowest BCUT2D eigenvalue weighted by molar-refractivity contribution is -0.137. The highest BCUT2D eigenvalue weighted by Gasteiger charge is 2.31. The number of ether oxygens (including phenoxy) is 1.